The minimum Gasteiger partial charge on any atom is -0.0654 e. The van der Waals surface area contributed by atoms with Gasteiger partial charge >= 0.3 is 0 Å². The third-order valence-corrected chi connectivity index (χ3v) is 4.23. The van der Waals surface area contributed by atoms with Gasteiger partial charge in [-0.25, -0.2) is 0 Å². The summed E-state index contributed by atoms with van der Waals surface area (Å²) in [4.78, 5) is 0. The summed E-state index contributed by atoms with van der Waals surface area (Å²) in [6, 6.07) is 0. The maximum atomic E-state index is 2.36. The summed E-state index contributed by atoms with van der Waals surface area (Å²) in [7, 11) is 0. The van der Waals surface area contributed by atoms with Gasteiger partial charge in [-0.1, -0.05) is 52.9 Å². The maximum Gasteiger partial charge on any atom is -0.0269 e. The van der Waals surface area contributed by atoms with Gasteiger partial charge in [-0.2, -0.15) is 0 Å². The first kappa shape index (κ1) is 12.1. The van der Waals surface area contributed by atoms with Crippen molar-refractivity contribution >= 4 is 0 Å². The van der Waals surface area contributed by atoms with E-state index in [1.54, 1.807) is 0 Å². The van der Waals surface area contributed by atoms with Gasteiger partial charge in [0.2, 0.25) is 0 Å². The Labute approximate surface area is 90.5 Å². The van der Waals surface area contributed by atoms with E-state index in [4.69, 9.17) is 0 Å². The Hall–Kier alpha value is 0. The second-order valence-electron chi connectivity index (χ2n) is 5.24. The molecular formula is C14H28. The Morgan fingerprint density at radius 3 is 2.14 bits per heavy atom. The van der Waals surface area contributed by atoms with Crippen LogP contribution in [-0.4, -0.2) is 0 Å². The largest absolute Gasteiger partial charge is 0.0654 e. The second kappa shape index (κ2) is 5.78. The molecule has 0 heteroatoms. The van der Waals surface area contributed by atoms with Crippen molar-refractivity contribution in [1.29, 1.82) is 0 Å². The van der Waals surface area contributed by atoms with Crippen molar-refractivity contribution in [3.63, 3.8) is 0 Å². The first-order valence-corrected chi connectivity index (χ1v) is 6.79. The van der Waals surface area contributed by atoms with E-state index >= 15 is 0 Å². The van der Waals surface area contributed by atoms with Crippen LogP contribution in [0.25, 0.3) is 0 Å². The standard InChI is InChI=1S/C14H28/c1-4-8-13-9-7-12-14(13,10-5-2)11-6-3/h13H,4-12H2,1-3H3. The monoisotopic (exact) mass is 196 g/mol. The molecule has 1 rings (SSSR count). The lowest BCUT2D eigenvalue weighted by Gasteiger charge is -2.35. The zero-order valence-corrected chi connectivity index (χ0v) is 10.4. The van der Waals surface area contributed by atoms with Crippen molar-refractivity contribution < 1.29 is 0 Å². The molecule has 0 heterocycles. The van der Waals surface area contributed by atoms with Crippen molar-refractivity contribution in [3.8, 4) is 0 Å². The molecule has 0 nitrogen and oxygen atoms in total. The van der Waals surface area contributed by atoms with Crippen LogP contribution in [0, 0.1) is 11.3 Å². The molecule has 0 radical (unpaired) electrons. The van der Waals surface area contributed by atoms with Crippen LogP contribution in [0.3, 0.4) is 0 Å². The summed E-state index contributed by atoms with van der Waals surface area (Å²) in [6.07, 6.45) is 13.2. The fourth-order valence-electron chi connectivity index (χ4n) is 3.79. The van der Waals surface area contributed by atoms with Gasteiger partial charge in [0, 0.05) is 0 Å². The van der Waals surface area contributed by atoms with Gasteiger partial charge in [0.1, 0.15) is 0 Å². The van der Waals surface area contributed by atoms with Gasteiger partial charge in [0.25, 0.3) is 0 Å². The minimum atomic E-state index is 0.763. The molecule has 0 aliphatic heterocycles. The van der Waals surface area contributed by atoms with Gasteiger partial charge in [-0.05, 0) is 37.0 Å². The zero-order valence-electron chi connectivity index (χ0n) is 10.4. The number of hydrogen-bond donors (Lipinski definition) is 0. The van der Waals surface area contributed by atoms with Crippen LogP contribution in [-0.2, 0) is 0 Å². The summed E-state index contributed by atoms with van der Waals surface area (Å²) in [5, 5.41) is 0. The van der Waals surface area contributed by atoms with Crippen molar-refractivity contribution in [2.24, 2.45) is 11.3 Å². The Morgan fingerprint density at radius 1 is 1.00 bits per heavy atom. The van der Waals surface area contributed by atoms with Crippen molar-refractivity contribution in [2.75, 3.05) is 0 Å². The quantitative estimate of drug-likeness (QED) is 0.549. The second-order valence-corrected chi connectivity index (χ2v) is 5.24. The number of rotatable bonds is 6. The smallest absolute Gasteiger partial charge is 0.0269 e. The molecule has 0 aromatic rings. The molecule has 1 atom stereocenters. The van der Waals surface area contributed by atoms with Crippen molar-refractivity contribution in [2.45, 2.75) is 78.6 Å². The van der Waals surface area contributed by atoms with Gasteiger partial charge in [-0.3, -0.25) is 0 Å². The highest BCUT2D eigenvalue weighted by Gasteiger charge is 2.40. The van der Waals surface area contributed by atoms with E-state index in [1.807, 2.05) is 0 Å². The Bertz CT molecular complexity index is 142. The van der Waals surface area contributed by atoms with Gasteiger partial charge < -0.3 is 0 Å². The number of hydrogen-bond acceptors (Lipinski definition) is 0. The van der Waals surface area contributed by atoms with Crippen LogP contribution in [0.1, 0.15) is 78.6 Å². The third kappa shape index (κ3) is 2.52. The lowest BCUT2D eigenvalue weighted by atomic mass is 9.70. The molecule has 84 valence electrons. The summed E-state index contributed by atoms with van der Waals surface area (Å²) in [6.45, 7) is 7.07. The van der Waals surface area contributed by atoms with E-state index in [1.165, 1.54) is 57.8 Å². The average Bonchev–Trinajstić information content (AvgIpc) is 2.51. The molecule has 0 spiro atoms. The molecule has 1 saturated carbocycles. The molecule has 1 unspecified atom stereocenters. The van der Waals surface area contributed by atoms with Gasteiger partial charge in [0.05, 0.1) is 0 Å². The van der Waals surface area contributed by atoms with Crippen LogP contribution >= 0.6 is 0 Å². The Kier molecular flexibility index (Phi) is 4.98. The molecule has 0 bridgehead atoms. The fraction of sp³-hybridized carbons (Fsp3) is 1.00. The Morgan fingerprint density at radius 2 is 1.64 bits per heavy atom. The van der Waals surface area contributed by atoms with Crippen LogP contribution in [0.4, 0.5) is 0 Å². The summed E-state index contributed by atoms with van der Waals surface area (Å²) in [5.74, 6) is 1.06. The Balaban J connectivity index is 2.61. The van der Waals surface area contributed by atoms with E-state index < -0.39 is 0 Å². The van der Waals surface area contributed by atoms with E-state index in [-0.39, 0.29) is 0 Å². The molecule has 1 aliphatic carbocycles. The molecule has 0 aromatic carbocycles. The van der Waals surface area contributed by atoms with Crippen LogP contribution < -0.4 is 0 Å². The average molecular weight is 196 g/mol. The molecule has 14 heavy (non-hydrogen) atoms. The third-order valence-electron chi connectivity index (χ3n) is 4.23. The van der Waals surface area contributed by atoms with E-state index in [0.29, 0.717) is 0 Å². The molecular weight excluding hydrogens is 168 g/mol. The lowest BCUT2D eigenvalue weighted by Crippen LogP contribution is -2.25. The first-order valence-electron chi connectivity index (χ1n) is 6.79. The van der Waals surface area contributed by atoms with E-state index in [2.05, 4.69) is 20.8 Å². The van der Waals surface area contributed by atoms with Crippen LogP contribution in [0.2, 0.25) is 0 Å². The summed E-state index contributed by atoms with van der Waals surface area (Å²) >= 11 is 0. The van der Waals surface area contributed by atoms with E-state index in [9.17, 15) is 0 Å². The minimum absolute atomic E-state index is 0.763. The van der Waals surface area contributed by atoms with Crippen molar-refractivity contribution in [3.05, 3.63) is 0 Å². The molecule has 1 aliphatic rings. The predicted molar refractivity (Wildman–Crippen MR) is 64.5 cm³/mol. The highest BCUT2D eigenvalue weighted by Crippen LogP contribution is 2.51. The first-order chi connectivity index (χ1) is 6.79. The molecule has 0 amide bonds. The lowest BCUT2D eigenvalue weighted by molar-refractivity contribution is 0.151. The van der Waals surface area contributed by atoms with Crippen molar-refractivity contribution in [1.82, 2.24) is 0 Å². The SMILES string of the molecule is CCCC1CCCC1(CCC)CCC. The topological polar surface area (TPSA) is 0 Å². The van der Waals surface area contributed by atoms with Gasteiger partial charge in [-0.15, -0.1) is 0 Å². The highest BCUT2D eigenvalue weighted by molar-refractivity contribution is 4.91. The van der Waals surface area contributed by atoms with Crippen LogP contribution in [0.15, 0.2) is 0 Å². The van der Waals surface area contributed by atoms with Crippen LogP contribution in [0.5, 0.6) is 0 Å². The van der Waals surface area contributed by atoms with E-state index in [0.717, 1.165) is 11.3 Å². The van der Waals surface area contributed by atoms with Gasteiger partial charge in [0.15, 0.2) is 0 Å². The maximum absolute atomic E-state index is 2.36. The molecule has 0 saturated heterocycles. The predicted octanol–water partition coefficient (Wildman–Crippen LogP) is 5.17. The molecule has 0 aromatic heterocycles. The summed E-state index contributed by atoms with van der Waals surface area (Å²) < 4.78 is 0. The zero-order chi connectivity index (χ0) is 10.4. The fourth-order valence-corrected chi connectivity index (χ4v) is 3.79. The normalized spacial score (nSPS) is 25.5. The molecule has 1 fully saturated rings. The molecule has 0 N–H and O–H groups in total. The summed E-state index contributed by atoms with van der Waals surface area (Å²) in [5.41, 5.74) is 0.763. The highest BCUT2D eigenvalue weighted by atomic mass is 14.4.